The van der Waals surface area contributed by atoms with Gasteiger partial charge in [0.2, 0.25) is 0 Å². The molecule has 2 aliphatic rings. The molecule has 1 heterocycles. The summed E-state index contributed by atoms with van der Waals surface area (Å²) in [6.07, 6.45) is 5.06. The molecule has 104 valence electrons. The van der Waals surface area contributed by atoms with E-state index in [9.17, 15) is 0 Å². The molecule has 1 aromatic heterocycles. The molecule has 0 spiro atoms. The molecule has 0 radical (unpaired) electrons. The molecule has 2 saturated carbocycles. The Morgan fingerprint density at radius 3 is 2.30 bits per heavy atom. The molecule has 0 aliphatic heterocycles. The van der Waals surface area contributed by atoms with Crippen LogP contribution < -0.4 is 5.73 Å². The van der Waals surface area contributed by atoms with Gasteiger partial charge in [-0.25, -0.2) is 4.98 Å². The molecule has 0 bridgehead atoms. The molecular weight excluding hydrogens is 246 g/mol. The van der Waals surface area contributed by atoms with Crippen molar-refractivity contribution >= 4 is 5.82 Å². The van der Waals surface area contributed by atoms with Gasteiger partial charge in [0.25, 0.3) is 0 Å². The molecule has 0 unspecified atom stereocenters. The molecule has 3 nitrogen and oxygen atoms in total. The number of rotatable bonds is 3. The van der Waals surface area contributed by atoms with E-state index in [2.05, 4.69) is 36.6 Å². The highest BCUT2D eigenvalue weighted by Gasteiger charge is 2.36. The second kappa shape index (κ2) is 4.11. The Morgan fingerprint density at radius 1 is 1.10 bits per heavy atom. The first-order valence-corrected chi connectivity index (χ1v) is 7.61. The Balaban J connectivity index is 1.92. The molecule has 0 amide bonds. The van der Waals surface area contributed by atoms with Crippen LogP contribution in [0.25, 0.3) is 11.3 Å². The van der Waals surface area contributed by atoms with E-state index >= 15 is 0 Å². The van der Waals surface area contributed by atoms with E-state index in [1.54, 1.807) is 0 Å². The highest BCUT2D eigenvalue weighted by molar-refractivity contribution is 5.76. The molecule has 2 N–H and O–H groups in total. The number of nitrogens with two attached hydrogens (primary N) is 1. The maximum Gasteiger partial charge on any atom is 0.132 e. The minimum Gasteiger partial charge on any atom is -0.383 e. The molecule has 2 fully saturated rings. The van der Waals surface area contributed by atoms with Gasteiger partial charge in [-0.1, -0.05) is 18.2 Å². The van der Waals surface area contributed by atoms with E-state index in [1.165, 1.54) is 48.2 Å². The predicted octanol–water partition coefficient (Wildman–Crippen LogP) is 3.96. The fourth-order valence-electron chi connectivity index (χ4n) is 3.18. The van der Waals surface area contributed by atoms with Crippen LogP contribution in [-0.4, -0.2) is 9.55 Å². The summed E-state index contributed by atoms with van der Waals surface area (Å²) in [6.45, 7) is 4.30. The molecule has 3 heteroatoms. The first-order valence-electron chi connectivity index (χ1n) is 7.61. The van der Waals surface area contributed by atoms with Gasteiger partial charge in [-0.2, -0.15) is 0 Å². The quantitative estimate of drug-likeness (QED) is 0.914. The van der Waals surface area contributed by atoms with Gasteiger partial charge in [-0.3, -0.25) is 0 Å². The molecule has 4 rings (SSSR count). The molecular formula is C17H21N3. The van der Waals surface area contributed by atoms with Gasteiger partial charge in [0.15, 0.2) is 0 Å². The Morgan fingerprint density at radius 2 is 1.75 bits per heavy atom. The van der Waals surface area contributed by atoms with Crippen molar-refractivity contribution in [3.05, 3.63) is 35.2 Å². The lowest BCUT2D eigenvalue weighted by molar-refractivity contribution is 0.691. The third kappa shape index (κ3) is 1.76. The zero-order chi connectivity index (χ0) is 13.9. The zero-order valence-electron chi connectivity index (χ0n) is 12.2. The summed E-state index contributed by atoms with van der Waals surface area (Å²) in [6, 6.07) is 7.00. The zero-order valence-corrected chi connectivity index (χ0v) is 12.2. The number of hydrogen-bond acceptors (Lipinski definition) is 2. The van der Waals surface area contributed by atoms with Crippen molar-refractivity contribution in [3.63, 3.8) is 0 Å². The number of nitrogen functional groups attached to an aromatic ring is 1. The minimum atomic E-state index is 0.608. The van der Waals surface area contributed by atoms with Gasteiger partial charge in [-0.15, -0.1) is 0 Å². The number of nitrogens with zero attached hydrogens (tertiary/aromatic N) is 2. The minimum absolute atomic E-state index is 0.608. The molecule has 1 aromatic carbocycles. The summed E-state index contributed by atoms with van der Waals surface area (Å²) in [5.41, 5.74) is 11.2. The van der Waals surface area contributed by atoms with Gasteiger partial charge in [0.05, 0.1) is 0 Å². The third-order valence-electron chi connectivity index (χ3n) is 4.55. The number of aromatic nitrogens is 2. The number of aryl methyl sites for hydroxylation is 2. The third-order valence-corrected chi connectivity index (χ3v) is 4.55. The van der Waals surface area contributed by atoms with Crippen LogP contribution in [0.4, 0.5) is 5.82 Å². The topological polar surface area (TPSA) is 43.8 Å². The largest absolute Gasteiger partial charge is 0.383 e. The molecule has 20 heavy (non-hydrogen) atoms. The number of anilines is 1. The second-order valence-corrected chi connectivity index (χ2v) is 6.35. The first kappa shape index (κ1) is 12.0. The maximum atomic E-state index is 6.48. The number of imidazole rings is 1. The number of hydrogen-bond donors (Lipinski definition) is 1. The predicted molar refractivity (Wildman–Crippen MR) is 81.8 cm³/mol. The lowest BCUT2D eigenvalue weighted by Crippen LogP contribution is -2.04. The summed E-state index contributed by atoms with van der Waals surface area (Å²) < 4.78 is 2.33. The lowest BCUT2D eigenvalue weighted by Gasteiger charge is -2.09. The van der Waals surface area contributed by atoms with Gasteiger partial charge in [0.1, 0.15) is 17.3 Å². The highest BCUT2D eigenvalue weighted by atomic mass is 15.2. The van der Waals surface area contributed by atoms with E-state index in [-0.39, 0.29) is 0 Å². The van der Waals surface area contributed by atoms with Crippen LogP contribution in [0.2, 0.25) is 0 Å². The van der Waals surface area contributed by atoms with Gasteiger partial charge in [-0.05, 0) is 50.7 Å². The summed E-state index contributed by atoms with van der Waals surface area (Å²) >= 11 is 0. The monoisotopic (exact) mass is 267 g/mol. The van der Waals surface area contributed by atoms with Crippen molar-refractivity contribution in [1.82, 2.24) is 9.55 Å². The second-order valence-electron chi connectivity index (χ2n) is 6.35. The highest BCUT2D eigenvalue weighted by Crippen LogP contribution is 2.48. The average molecular weight is 267 g/mol. The van der Waals surface area contributed by atoms with Gasteiger partial charge in [0, 0.05) is 17.5 Å². The van der Waals surface area contributed by atoms with Gasteiger partial charge >= 0.3 is 0 Å². The van der Waals surface area contributed by atoms with Crippen molar-refractivity contribution in [2.45, 2.75) is 51.5 Å². The Kier molecular flexibility index (Phi) is 2.47. The van der Waals surface area contributed by atoms with E-state index in [4.69, 9.17) is 10.7 Å². The summed E-state index contributed by atoms with van der Waals surface area (Å²) in [4.78, 5) is 4.96. The summed E-state index contributed by atoms with van der Waals surface area (Å²) in [5, 5.41) is 0. The van der Waals surface area contributed by atoms with E-state index in [0.717, 1.165) is 11.5 Å². The number of benzene rings is 1. The summed E-state index contributed by atoms with van der Waals surface area (Å²) in [7, 11) is 0. The normalized spacial score (nSPS) is 18.5. The molecule has 2 aromatic rings. The van der Waals surface area contributed by atoms with E-state index < -0.39 is 0 Å². The smallest absolute Gasteiger partial charge is 0.132 e. The van der Waals surface area contributed by atoms with Crippen molar-refractivity contribution in [2.75, 3.05) is 5.73 Å². The average Bonchev–Trinajstić information content (AvgIpc) is 3.30. The Labute approximate surface area is 119 Å². The van der Waals surface area contributed by atoms with Crippen molar-refractivity contribution in [2.24, 2.45) is 0 Å². The SMILES string of the molecule is Cc1cccc(C)c1-c1nc(C2CC2)n(C2CC2)c1N. The van der Waals surface area contributed by atoms with Crippen molar-refractivity contribution < 1.29 is 0 Å². The van der Waals surface area contributed by atoms with Crippen LogP contribution in [0.3, 0.4) is 0 Å². The Bertz CT molecular complexity index is 656. The fraction of sp³-hybridized carbons (Fsp3) is 0.471. The molecule has 2 aliphatic carbocycles. The maximum absolute atomic E-state index is 6.48. The first-order chi connectivity index (χ1) is 9.66. The van der Waals surface area contributed by atoms with Crippen LogP contribution in [0.15, 0.2) is 18.2 Å². The van der Waals surface area contributed by atoms with Gasteiger partial charge < -0.3 is 10.3 Å². The Hall–Kier alpha value is -1.77. The van der Waals surface area contributed by atoms with Crippen molar-refractivity contribution in [1.29, 1.82) is 0 Å². The van der Waals surface area contributed by atoms with Crippen LogP contribution in [0.5, 0.6) is 0 Å². The standard InChI is InChI=1S/C17H21N3/c1-10-4-3-5-11(2)14(10)15-16(18)20(13-8-9-13)17(19-15)12-6-7-12/h3-5,12-13H,6-9,18H2,1-2H3. The van der Waals surface area contributed by atoms with Crippen molar-refractivity contribution in [3.8, 4) is 11.3 Å². The van der Waals surface area contributed by atoms with E-state index in [0.29, 0.717) is 12.0 Å². The van der Waals surface area contributed by atoms with Crippen LogP contribution in [0.1, 0.15) is 54.6 Å². The summed E-state index contributed by atoms with van der Waals surface area (Å²) in [5.74, 6) is 2.77. The molecule has 0 saturated heterocycles. The fourth-order valence-corrected chi connectivity index (χ4v) is 3.18. The van der Waals surface area contributed by atoms with Crippen LogP contribution in [0, 0.1) is 13.8 Å². The van der Waals surface area contributed by atoms with E-state index in [1.807, 2.05) is 0 Å². The lowest BCUT2D eigenvalue weighted by atomic mass is 10.0. The van der Waals surface area contributed by atoms with Crippen LogP contribution >= 0.6 is 0 Å². The molecule has 0 atom stereocenters. The van der Waals surface area contributed by atoms with Crippen LogP contribution in [-0.2, 0) is 0 Å².